The van der Waals surface area contributed by atoms with Gasteiger partial charge in [0.2, 0.25) is 5.91 Å². The Balaban J connectivity index is 0.000000319. The molecule has 12 nitrogen and oxygen atoms in total. The molecule has 2 aliphatic rings. The Kier molecular flexibility index (Phi) is 14.5. The molecule has 1 amide bonds. The van der Waals surface area contributed by atoms with E-state index in [2.05, 4.69) is 22.3 Å². The topological polar surface area (TPSA) is 185 Å². The summed E-state index contributed by atoms with van der Waals surface area (Å²) in [5, 5.41) is 34.6. The summed E-state index contributed by atoms with van der Waals surface area (Å²) in [6.45, 7) is 4.85. The number of benzene rings is 2. The summed E-state index contributed by atoms with van der Waals surface area (Å²) in [7, 11) is 0. The Bertz CT molecular complexity index is 1200. The first-order chi connectivity index (χ1) is 20.1. The molecule has 224 valence electrons. The van der Waals surface area contributed by atoms with Crippen LogP contribution in [0.2, 0.25) is 0 Å². The fourth-order valence-electron chi connectivity index (χ4n) is 3.97. The van der Waals surface area contributed by atoms with E-state index in [0.717, 1.165) is 40.7 Å². The van der Waals surface area contributed by atoms with E-state index in [1.54, 1.807) is 11.8 Å². The van der Waals surface area contributed by atoms with Gasteiger partial charge in [0.25, 0.3) is 0 Å². The second-order valence-corrected chi connectivity index (χ2v) is 9.95. The minimum atomic E-state index is -1.26. The number of aliphatic carboxylic acids is 4. The van der Waals surface area contributed by atoms with Gasteiger partial charge in [-0.25, -0.2) is 19.2 Å². The second-order valence-electron chi connectivity index (χ2n) is 8.87. The van der Waals surface area contributed by atoms with Crippen LogP contribution in [0.15, 0.2) is 82.6 Å². The Morgan fingerprint density at radius 3 is 1.57 bits per heavy atom. The van der Waals surface area contributed by atoms with Gasteiger partial charge in [-0.1, -0.05) is 36.0 Å². The predicted octanol–water partition coefficient (Wildman–Crippen LogP) is 3.32. The van der Waals surface area contributed by atoms with Crippen molar-refractivity contribution in [2.24, 2.45) is 0 Å². The van der Waals surface area contributed by atoms with E-state index in [1.807, 2.05) is 41.3 Å². The normalized spacial score (nSPS) is 13.8. The zero-order chi connectivity index (χ0) is 30.9. The third-order valence-electron chi connectivity index (χ3n) is 5.72. The first-order valence-electron chi connectivity index (χ1n) is 13.0. The van der Waals surface area contributed by atoms with Crippen LogP contribution in [0.4, 0.5) is 11.4 Å². The number of anilines is 2. The minimum absolute atomic E-state index is 0.103. The number of carboxylic acids is 4. The van der Waals surface area contributed by atoms with Crippen LogP contribution in [-0.4, -0.2) is 87.8 Å². The summed E-state index contributed by atoms with van der Waals surface area (Å²) in [4.78, 5) is 57.8. The van der Waals surface area contributed by atoms with Gasteiger partial charge in [-0.3, -0.25) is 9.69 Å². The van der Waals surface area contributed by atoms with E-state index in [-0.39, 0.29) is 5.91 Å². The van der Waals surface area contributed by atoms with Crippen LogP contribution in [0.1, 0.15) is 19.3 Å². The zero-order valence-corrected chi connectivity index (χ0v) is 23.5. The number of nitrogens with zero attached hydrogens (tertiary/aromatic N) is 2. The van der Waals surface area contributed by atoms with Gasteiger partial charge in [0.05, 0.1) is 17.9 Å². The van der Waals surface area contributed by atoms with Crippen molar-refractivity contribution in [3.05, 3.63) is 72.8 Å². The fourth-order valence-corrected chi connectivity index (χ4v) is 5.02. The van der Waals surface area contributed by atoms with Crippen molar-refractivity contribution in [2.75, 3.05) is 37.6 Å². The standard InChI is InChI=1S/C21H25N3OS.2C4H4O4/c25-21(16-22-12-7-15-23-13-5-6-14-23)24-17-8-1-3-10-19(17)26-20-11-4-2-9-18(20)24;2*5-3(6)1-2-4(7)8/h1-4,8-11,22H,5-7,12-16H2;2*1-2H,(H,5,6)(H,7,8). The van der Waals surface area contributed by atoms with Crippen molar-refractivity contribution in [1.29, 1.82) is 0 Å². The van der Waals surface area contributed by atoms with Crippen LogP contribution in [0, 0.1) is 0 Å². The van der Waals surface area contributed by atoms with Crippen LogP contribution in [0.3, 0.4) is 0 Å². The molecule has 5 N–H and O–H groups in total. The van der Waals surface area contributed by atoms with Crippen molar-refractivity contribution in [3.8, 4) is 0 Å². The van der Waals surface area contributed by atoms with Crippen molar-refractivity contribution in [1.82, 2.24) is 10.2 Å². The number of carboxylic acid groups (broad SMARTS) is 4. The first-order valence-corrected chi connectivity index (χ1v) is 13.8. The van der Waals surface area contributed by atoms with Crippen LogP contribution in [0.25, 0.3) is 0 Å². The Hall–Kier alpha value is -4.46. The molecule has 0 saturated carbocycles. The molecular formula is C29H33N3O9S. The molecule has 0 spiro atoms. The number of hydrogen-bond acceptors (Lipinski definition) is 8. The maximum absolute atomic E-state index is 13.0. The summed E-state index contributed by atoms with van der Waals surface area (Å²) in [6.07, 6.45) is 5.99. The van der Waals surface area contributed by atoms with Crippen molar-refractivity contribution in [2.45, 2.75) is 29.1 Å². The number of carbonyl (C=O) groups is 5. The number of para-hydroxylation sites is 2. The average molecular weight is 600 g/mol. The Morgan fingerprint density at radius 1 is 0.714 bits per heavy atom. The number of likely N-dealkylation sites (tertiary alicyclic amines) is 1. The van der Waals surface area contributed by atoms with Gasteiger partial charge in [-0.2, -0.15) is 0 Å². The molecular weight excluding hydrogens is 566 g/mol. The van der Waals surface area contributed by atoms with Gasteiger partial charge < -0.3 is 30.6 Å². The summed E-state index contributed by atoms with van der Waals surface area (Å²) < 4.78 is 0. The maximum Gasteiger partial charge on any atom is 0.328 e. The molecule has 0 radical (unpaired) electrons. The van der Waals surface area contributed by atoms with Crippen LogP contribution in [-0.2, 0) is 24.0 Å². The number of hydrogen-bond donors (Lipinski definition) is 5. The van der Waals surface area contributed by atoms with Crippen molar-refractivity contribution < 1.29 is 44.4 Å². The van der Waals surface area contributed by atoms with E-state index in [4.69, 9.17) is 20.4 Å². The average Bonchev–Trinajstić information content (AvgIpc) is 3.48. The molecule has 0 atom stereocenters. The molecule has 4 rings (SSSR count). The molecule has 42 heavy (non-hydrogen) atoms. The number of carbonyl (C=O) groups excluding carboxylic acids is 1. The molecule has 13 heteroatoms. The Labute approximate surface area is 246 Å². The van der Waals surface area contributed by atoms with E-state index in [9.17, 15) is 24.0 Å². The van der Waals surface area contributed by atoms with Gasteiger partial charge in [-0.05, 0) is 69.7 Å². The molecule has 1 fully saturated rings. The van der Waals surface area contributed by atoms with Gasteiger partial charge in [0.1, 0.15) is 0 Å². The van der Waals surface area contributed by atoms with Crippen LogP contribution in [0.5, 0.6) is 0 Å². The highest BCUT2D eigenvalue weighted by molar-refractivity contribution is 7.99. The molecule has 1 saturated heterocycles. The lowest BCUT2D eigenvalue weighted by Gasteiger charge is -2.31. The van der Waals surface area contributed by atoms with E-state index in [1.165, 1.54) is 25.9 Å². The summed E-state index contributed by atoms with van der Waals surface area (Å²) in [5.41, 5.74) is 1.97. The van der Waals surface area contributed by atoms with Crippen LogP contribution < -0.4 is 10.2 Å². The molecule has 0 unspecified atom stereocenters. The molecule has 2 heterocycles. The number of fused-ring (bicyclic) bond motifs is 2. The number of rotatable bonds is 10. The molecule has 0 bridgehead atoms. The van der Waals surface area contributed by atoms with Crippen LogP contribution >= 0.6 is 11.8 Å². The number of nitrogens with one attached hydrogen (secondary N) is 1. The van der Waals surface area contributed by atoms with E-state index < -0.39 is 23.9 Å². The molecule has 2 aromatic rings. The minimum Gasteiger partial charge on any atom is -0.478 e. The quantitative estimate of drug-likeness (QED) is 0.199. The third kappa shape index (κ3) is 12.4. The van der Waals surface area contributed by atoms with Crippen molar-refractivity contribution in [3.63, 3.8) is 0 Å². The summed E-state index contributed by atoms with van der Waals surface area (Å²) in [5.74, 6) is -4.93. The zero-order valence-electron chi connectivity index (χ0n) is 22.7. The lowest BCUT2D eigenvalue weighted by molar-refractivity contribution is -0.134. The highest BCUT2D eigenvalue weighted by Gasteiger charge is 2.27. The lowest BCUT2D eigenvalue weighted by Crippen LogP contribution is -2.37. The third-order valence-corrected chi connectivity index (χ3v) is 6.85. The smallest absolute Gasteiger partial charge is 0.328 e. The SMILES string of the molecule is O=C(CNCCCN1CCCC1)N1c2ccccc2Sc2ccccc21.O=C(O)C=CC(=O)O.O=C(O)C=CC(=O)O. The molecule has 0 aliphatic carbocycles. The van der Waals surface area contributed by atoms with E-state index >= 15 is 0 Å². The first kappa shape index (κ1) is 33.7. The lowest BCUT2D eigenvalue weighted by atomic mass is 10.2. The fraction of sp³-hybridized carbons (Fsp3) is 0.276. The van der Waals surface area contributed by atoms with Gasteiger partial charge in [0, 0.05) is 34.1 Å². The summed E-state index contributed by atoms with van der Waals surface area (Å²) in [6, 6.07) is 16.3. The Morgan fingerprint density at radius 2 is 1.14 bits per heavy atom. The highest BCUT2D eigenvalue weighted by Crippen LogP contribution is 2.47. The van der Waals surface area contributed by atoms with Gasteiger partial charge in [0.15, 0.2) is 0 Å². The predicted molar refractivity (Wildman–Crippen MR) is 156 cm³/mol. The monoisotopic (exact) mass is 599 g/mol. The molecule has 2 aromatic carbocycles. The number of amides is 1. The van der Waals surface area contributed by atoms with Gasteiger partial charge >= 0.3 is 23.9 Å². The molecule has 0 aromatic heterocycles. The molecule has 2 aliphatic heterocycles. The highest BCUT2D eigenvalue weighted by atomic mass is 32.2. The van der Waals surface area contributed by atoms with Crippen molar-refractivity contribution >= 4 is 52.9 Å². The largest absolute Gasteiger partial charge is 0.478 e. The maximum atomic E-state index is 13.0. The second kappa shape index (κ2) is 18.1. The van der Waals surface area contributed by atoms with E-state index in [0.29, 0.717) is 30.8 Å². The van der Waals surface area contributed by atoms with Gasteiger partial charge in [-0.15, -0.1) is 0 Å². The summed E-state index contributed by atoms with van der Waals surface area (Å²) >= 11 is 1.73.